The molecule has 0 saturated heterocycles. The van der Waals surface area contributed by atoms with Gasteiger partial charge in [0.1, 0.15) is 27.8 Å². The van der Waals surface area contributed by atoms with E-state index in [1.807, 2.05) is 24.3 Å². The van der Waals surface area contributed by atoms with E-state index in [0.29, 0.717) is 34.3 Å². The van der Waals surface area contributed by atoms with Crippen molar-refractivity contribution in [3.8, 4) is 11.4 Å². The second-order valence-corrected chi connectivity index (χ2v) is 16.2. The molecule has 3 saturated carbocycles. The Morgan fingerprint density at radius 3 is 2.02 bits per heavy atom. The molecule has 0 spiro atoms. The van der Waals surface area contributed by atoms with E-state index in [1.54, 1.807) is 6.20 Å². The van der Waals surface area contributed by atoms with Crippen LogP contribution in [0.3, 0.4) is 0 Å². The zero-order chi connectivity index (χ0) is 39.2. The molecule has 4 aromatic carbocycles. The molecule has 11 rings (SSSR count). The first-order valence-corrected chi connectivity index (χ1v) is 20.6. The van der Waals surface area contributed by atoms with E-state index in [-0.39, 0.29) is 29.0 Å². The van der Waals surface area contributed by atoms with Crippen molar-refractivity contribution in [2.75, 3.05) is 23.9 Å². The van der Waals surface area contributed by atoms with Crippen molar-refractivity contribution in [1.82, 2.24) is 24.5 Å². The molecule has 7 aromatic rings. The van der Waals surface area contributed by atoms with Crippen molar-refractivity contribution < 1.29 is 9.53 Å². The predicted octanol–water partition coefficient (Wildman–Crippen LogP) is 9.33. The van der Waals surface area contributed by atoms with Gasteiger partial charge in [0.25, 0.3) is 0 Å². The molecule has 10 heteroatoms. The van der Waals surface area contributed by atoms with Crippen LogP contribution in [0.5, 0.6) is 0 Å². The number of nitrogens with zero attached hydrogens (tertiary/aromatic N) is 6. The van der Waals surface area contributed by atoms with Gasteiger partial charge in [-0.25, -0.2) is 19.9 Å². The van der Waals surface area contributed by atoms with Crippen molar-refractivity contribution >= 4 is 40.4 Å². The Hall–Kier alpha value is -6.06. The lowest BCUT2D eigenvalue weighted by Gasteiger charge is -2.47. The van der Waals surface area contributed by atoms with Crippen molar-refractivity contribution in [2.24, 2.45) is 17.8 Å². The molecule has 3 fully saturated rings. The fourth-order valence-corrected chi connectivity index (χ4v) is 10.3. The van der Waals surface area contributed by atoms with E-state index in [0.717, 1.165) is 67.7 Å². The van der Waals surface area contributed by atoms with Crippen LogP contribution in [0.1, 0.15) is 53.5 Å². The second-order valence-electron chi connectivity index (χ2n) is 15.9. The third-order valence-electron chi connectivity index (χ3n) is 12.8. The van der Waals surface area contributed by atoms with Gasteiger partial charge in [-0.1, -0.05) is 127 Å². The van der Waals surface area contributed by atoms with E-state index >= 15 is 0 Å². The molecule has 2 atom stereocenters. The van der Waals surface area contributed by atoms with Gasteiger partial charge >= 0.3 is 5.97 Å². The number of hydrogen-bond donors (Lipinski definition) is 1. The molecule has 4 heterocycles. The Morgan fingerprint density at radius 1 is 0.776 bits per heavy atom. The number of fused-ring (bicyclic) bond motifs is 5. The summed E-state index contributed by atoms with van der Waals surface area (Å²) >= 11 is 6.72. The Kier molecular flexibility index (Phi) is 9.40. The summed E-state index contributed by atoms with van der Waals surface area (Å²) in [7, 11) is 1.50. The minimum Gasteiger partial charge on any atom is -0.469 e. The number of carbonyl (C=O) groups is 1. The maximum Gasteiger partial charge on any atom is 0.311 e. The summed E-state index contributed by atoms with van der Waals surface area (Å²) in [6.07, 6.45) is 8.85. The molecule has 0 radical (unpaired) electrons. The maximum atomic E-state index is 13.4. The maximum absolute atomic E-state index is 13.4. The van der Waals surface area contributed by atoms with Crippen LogP contribution in [-0.4, -0.2) is 50.2 Å². The van der Waals surface area contributed by atoms with Crippen LogP contribution < -0.4 is 10.2 Å². The number of nitrogens with one attached hydrogen (secondary N) is 1. The highest BCUT2D eigenvalue weighted by molar-refractivity contribution is 6.29. The molecule has 0 unspecified atom stereocenters. The lowest BCUT2D eigenvalue weighted by atomic mass is 9.61. The summed E-state index contributed by atoms with van der Waals surface area (Å²) in [6.45, 7) is 1.52. The second kappa shape index (κ2) is 15.0. The highest BCUT2D eigenvalue weighted by atomic mass is 35.5. The standard InChI is InChI=1S/C48H44ClN7O2/c1-58-47(57)42-32-21-23-33(24-22-32)43(42)52-40-27-41(55-26-25-31-13-11-12-14-34(31)29-55)54-45(53-40)38-30-56(46-44(38)51-39(49)28-50-46)48(35-15-5-2-6-16-35,36-17-7-3-8-18-36)37-19-9-4-10-20-37/h2-20,27-28,30,32-33,42-43H,21-26,29H2,1H3,(H,52,53,54)/t32?,33?,42-,43-/m1/s1. The van der Waals surface area contributed by atoms with Gasteiger partial charge in [-0.05, 0) is 71.8 Å². The van der Waals surface area contributed by atoms with E-state index in [9.17, 15) is 4.79 Å². The van der Waals surface area contributed by atoms with Crippen molar-refractivity contribution in [2.45, 2.75) is 50.2 Å². The molecule has 1 N–H and O–H groups in total. The quantitative estimate of drug-likeness (QED) is 0.114. The molecule has 1 aliphatic heterocycles. The number of anilines is 2. The van der Waals surface area contributed by atoms with Gasteiger partial charge in [-0.2, -0.15) is 0 Å². The highest BCUT2D eigenvalue weighted by Gasteiger charge is 2.48. The largest absolute Gasteiger partial charge is 0.469 e. The van der Waals surface area contributed by atoms with Gasteiger partial charge in [-0.15, -0.1) is 0 Å². The molecular weight excluding hydrogens is 742 g/mol. The summed E-state index contributed by atoms with van der Waals surface area (Å²) in [5.41, 5.74) is 6.87. The molecule has 9 nitrogen and oxygen atoms in total. The van der Waals surface area contributed by atoms with Gasteiger partial charge in [-0.3, -0.25) is 4.79 Å². The number of rotatable bonds is 9. The average molecular weight is 786 g/mol. The number of benzene rings is 4. The number of methoxy groups -OCH3 is 1. The zero-order valence-corrected chi connectivity index (χ0v) is 33.1. The molecule has 0 amide bonds. The number of aromatic nitrogens is 5. The SMILES string of the molecule is COC(=O)[C@@H]1C2CCC(CC2)[C@H]1Nc1cc(N2CCc3ccccc3C2)nc(-c2cn(C(c3ccccc3)(c3ccccc3)c3ccccc3)c3ncc(Cl)nc23)n1. The molecule has 2 bridgehead atoms. The van der Waals surface area contributed by atoms with Gasteiger partial charge < -0.3 is 19.5 Å². The van der Waals surface area contributed by atoms with Crippen LogP contribution in [0.2, 0.25) is 5.15 Å². The minimum absolute atomic E-state index is 0.102. The monoisotopic (exact) mass is 785 g/mol. The smallest absolute Gasteiger partial charge is 0.311 e. The Bertz CT molecular complexity index is 2500. The molecule has 290 valence electrons. The number of carbonyl (C=O) groups excluding carboxylic acids is 1. The zero-order valence-electron chi connectivity index (χ0n) is 32.3. The first-order valence-electron chi connectivity index (χ1n) is 20.3. The summed E-state index contributed by atoms with van der Waals surface area (Å²) in [5.74, 6) is 2.20. The van der Waals surface area contributed by atoms with E-state index in [4.69, 9.17) is 36.3 Å². The third kappa shape index (κ3) is 6.20. The van der Waals surface area contributed by atoms with Crippen LogP contribution in [-0.2, 0) is 28.0 Å². The number of esters is 1. The topological polar surface area (TPSA) is 98.1 Å². The number of hydrogen-bond acceptors (Lipinski definition) is 8. The summed E-state index contributed by atoms with van der Waals surface area (Å²) in [5, 5.41) is 4.09. The fraction of sp³-hybridized carbons (Fsp3) is 0.271. The summed E-state index contributed by atoms with van der Waals surface area (Å²) < 4.78 is 7.63. The van der Waals surface area contributed by atoms with Crippen molar-refractivity contribution in [3.05, 3.63) is 167 Å². The number of ether oxygens (including phenoxy) is 1. The normalized spacial score (nSPS) is 20.1. The van der Waals surface area contributed by atoms with Crippen molar-refractivity contribution in [3.63, 3.8) is 0 Å². The summed E-state index contributed by atoms with van der Waals surface area (Å²) in [6, 6.07) is 42.1. The minimum atomic E-state index is -0.868. The number of halogens is 1. The molecule has 3 aliphatic carbocycles. The Morgan fingerprint density at radius 2 is 1.38 bits per heavy atom. The molecular formula is C48H44ClN7O2. The predicted molar refractivity (Wildman–Crippen MR) is 228 cm³/mol. The van der Waals surface area contributed by atoms with Crippen LogP contribution in [0.15, 0.2) is 134 Å². The van der Waals surface area contributed by atoms with Gasteiger partial charge in [0.15, 0.2) is 11.5 Å². The lowest BCUT2D eigenvalue weighted by Crippen LogP contribution is -2.51. The van der Waals surface area contributed by atoms with E-state index in [1.165, 1.54) is 18.2 Å². The first-order chi connectivity index (χ1) is 28.5. The van der Waals surface area contributed by atoms with Crippen LogP contribution in [0, 0.1) is 17.8 Å². The molecule has 3 aromatic heterocycles. The molecule has 4 aliphatic rings. The average Bonchev–Trinajstić information content (AvgIpc) is 3.66. The molecule has 58 heavy (non-hydrogen) atoms. The Labute approximate surface area is 343 Å². The fourth-order valence-electron chi connectivity index (χ4n) is 10.1. The van der Waals surface area contributed by atoms with Gasteiger partial charge in [0, 0.05) is 31.4 Å². The van der Waals surface area contributed by atoms with Crippen LogP contribution >= 0.6 is 11.6 Å². The lowest BCUT2D eigenvalue weighted by molar-refractivity contribution is -0.152. The Balaban J connectivity index is 1.20. The van der Waals surface area contributed by atoms with Crippen molar-refractivity contribution in [1.29, 1.82) is 0 Å². The third-order valence-corrected chi connectivity index (χ3v) is 13.0. The van der Waals surface area contributed by atoms with Crippen LogP contribution in [0.25, 0.3) is 22.6 Å². The van der Waals surface area contributed by atoms with Crippen LogP contribution in [0.4, 0.5) is 11.6 Å². The highest BCUT2D eigenvalue weighted by Crippen LogP contribution is 2.48. The van der Waals surface area contributed by atoms with E-state index < -0.39 is 5.54 Å². The van der Waals surface area contributed by atoms with E-state index in [2.05, 4.69) is 118 Å². The summed E-state index contributed by atoms with van der Waals surface area (Å²) in [4.78, 5) is 36.4. The first kappa shape index (κ1) is 36.3. The van der Waals surface area contributed by atoms with Gasteiger partial charge in [0.05, 0.1) is 24.8 Å². The van der Waals surface area contributed by atoms with Gasteiger partial charge in [0.2, 0.25) is 0 Å².